The van der Waals surface area contributed by atoms with E-state index in [0.717, 1.165) is 5.69 Å². The van der Waals surface area contributed by atoms with Gasteiger partial charge in [-0.05, 0) is 42.3 Å². The minimum Gasteiger partial charge on any atom is -0.487 e. The number of hydrogen-bond acceptors (Lipinski definition) is 4. The number of pyridine rings is 1. The van der Waals surface area contributed by atoms with E-state index in [9.17, 15) is 9.90 Å². The second-order valence-corrected chi connectivity index (χ2v) is 5.66. The van der Waals surface area contributed by atoms with Crippen molar-refractivity contribution in [1.82, 2.24) is 10.3 Å². The fourth-order valence-electron chi connectivity index (χ4n) is 1.88. The van der Waals surface area contributed by atoms with Crippen molar-refractivity contribution in [2.45, 2.75) is 26.6 Å². The van der Waals surface area contributed by atoms with E-state index in [0.29, 0.717) is 17.9 Å². The van der Waals surface area contributed by atoms with Crippen molar-refractivity contribution in [2.75, 3.05) is 6.54 Å². The molecule has 122 valence electrons. The van der Waals surface area contributed by atoms with E-state index in [1.54, 1.807) is 30.5 Å². The number of carbonyl (C=O) groups is 1. The molecule has 1 amide bonds. The number of amides is 1. The van der Waals surface area contributed by atoms with Crippen molar-refractivity contribution in [1.29, 1.82) is 0 Å². The molecule has 0 radical (unpaired) electrons. The molecule has 23 heavy (non-hydrogen) atoms. The predicted octanol–water partition coefficient (Wildman–Crippen LogP) is 2.41. The molecule has 0 spiro atoms. The second kappa shape index (κ2) is 8.29. The van der Waals surface area contributed by atoms with Gasteiger partial charge in [0.05, 0.1) is 11.8 Å². The SMILES string of the molecule is CC(C)C(O)CNC(=O)c1ccc(OCc2ccccn2)cc1. The van der Waals surface area contributed by atoms with Crippen LogP contribution in [0.3, 0.4) is 0 Å². The molecule has 0 bridgehead atoms. The first-order valence-corrected chi connectivity index (χ1v) is 7.65. The topological polar surface area (TPSA) is 71.5 Å². The molecular weight excluding hydrogens is 292 g/mol. The number of carbonyl (C=O) groups excluding carboxylic acids is 1. The molecule has 0 saturated heterocycles. The molecule has 0 saturated carbocycles. The van der Waals surface area contributed by atoms with Gasteiger partial charge in [0.2, 0.25) is 0 Å². The number of nitrogens with one attached hydrogen (secondary N) is 1. The van der Waals surface area contributed by atoms with Crippen molar-refractivity contribution in [2.24, 2.45) is 5.92 Å². The number of rotatable bonds is 7. The molecule has 0 aliphatic heterocycles. The zero-order valence-corrected chi connectivity index (χ0v) is 13.4. The molecule has 0 aliphatic rings. The van der Waals surface area contributed by atoms with Crippen molar-refractivity contribution < 1.29 is 14.6 Å². The summed E-state index contributed by atoms with van der Waals surface area (Å²) in [5, 5.41) is 12.4. The van der Waals surface area contributed by atoms with Gasteiger partial charge in [0.15, 0.2) is 0 Å². The molecule has 0 fully saturated rings. The van der Waals surface area contributed by atoms with E-state index < -0.39 is 6.10 Å². The summed E-state index contributed by atoms with van der Waals surface area (Å²) in [5.41, 5.74) is 1.38. The molecule has 2 rings (SSSR count). The lowest BCUT2D eigenvalue weighted by atomic mass is 10.1. The number of aliphatic hydroxyl groups is 1. The first-order chi connectivity index (χ1) is 11.1. The molecule has 1 unspecified atom stereocenters. The number of ether oxygens (including phenoxy) is 1. The van der Waals surface area contributed by atoms with Crippen molar-refractivity contribution >= 4 is 5.91 Å². The lowest BCUT2D eigenvalue weighted by Gasteiger charge is -2.15. The van der Waals surface area contributed by atoms with Gasteiger partial charge in [-0.2, -0.15) is 0 Å². The van der Waals surface area contributed by atoms with Gasteiger partial charge in [0.25, 0.3) is 5.91 Å². The van der Waals surface area contributed by atoms with Crippen LogP contribution in [0, 0.1) is 5.92 Å². The third-order valence-corrected chi connectivity index (χ3v) is 3.47. The fourth-order valence-corrected chi connectivity index (χ4v) is 1.88. The summed E-state index contributed by atoms with van der Waals surface area (Å²) >= 11 is 0. The third-order valence-electron chi connectivity index (χ3n) is 3.47. The van der Waals surface area contributed by atoms with E-state index in [2.05, 4.69) is 10.3 Å². The Kier molecular flexibility index (Phi) is 6.11. The minimum atomic E-state index is -0.542. The highest BCUT2D eigenvalue weighted by molar-refractivity contribution is 5.94. The van der Waals surface area contributed by atoms with Crippen LogP contribution in [0.15, 0.2) is 48.7 Å². The first-order valence-electron chi connectivity index (χ1n) is 7.65. The van der Waals surface area contributed by atoms with Gasteiger partial charge in [-0.15, -0.1) is 0 Å². The second-order valence-electron chi connectivity index (χ2n) is 5.66. The van der Waals surface area contributed by atoms with E-state index >= 15 is 0 Å². The van der Waals surface area contributed by atoms with Gasteiger partial charge >= 0.3 is 0 Å². The minimum absolute atomic E-state index is 0.109. The fraction of sp³-hybridized carbons (Fsp3) is 0.333. The smallest absolute Gasteiger partial charge is 0.251 e. The number of benzene rings is 1. The Morgan fingerprint density at radius 1 is 1.22 bits per heavy atom. The third kappa shape index (κ3) is 5.38. The van der Waals surface area contributed by atoms with Gasteiger partial charge in [0.1, 0.15) is 12.4 Å². The maximum atomic E-state index is 12.0. The molecule has 1 aromatic carbocycles. The largest absolute Gasteiger partial charge is 0.487 e. The lowest BCUT2D eigenvalue weighted by Crippen LogP contribution is -2.34. The highest BCUT2D eigenvalue weighted by Crippen LogP contribution is 2.14. The Labute approximate surface area is 136 Å². The zero-order chi connectivity index (χ0) is 16.7. The highest BCUT2D eigenvalue weighted by Gasteiger charge is 2.12. The summed E-state index contributed by atoms with van der Waals surface area (Å²) in [6.45, 7) is 4.44. The Hall–Kier alpha value is -2.40. The summed E-state index contributed by atoms with van der Waals surface area (Å²) in [7, 11) is 0. The Balaban J connectivity index is 1.85. The number of nitrogens with zero attached hydrogens (tertiary/aromatic N) is 1. The summed E-state index contributed by atoms with van der Waals surface area (Å²) < 4.78 is 5.62. The molecule has 1 aromatic heterocycles. The average molecular weight is 314 g/mol. The van der Waals surface area contributed by atoms with Crippen LogP contribution < -0.4 is 10.1 Å². The van der Waals surface area contributed by atoms with Crippen LogP contribution in [0.25, 0.3) is 0 Å². The van der Waals surface area contributed by atoms with Crippen LogP contribution in [0.5, 0.6) is 5.75 Å². The standard InChI is InChI=1S/C18H22N2O3/c1-13(2)17(21)11-20-18(22)14-6-8-16(9-7-14)23-12-15-5-3-4-10-19-15/h3-10,13,17,21H,11-12H2,1-2H3,(H,20,22). The molecule has 5 nitrogen and oxygen atoms in total. The molecule has 2 N–H and O–H groups in total. The van der Waals surface area contributed by atoms with Gasteiger partial charge in [0, 0.05) is 18.3 Å². The number of aliphatic hydroxyl groups excluding tert-OH is 1. The van der Waals surface area contributed by atoms with Crippen LogP contribution >= 0.6 is 0 Å². The Bertz CT molecular complexity index is 612. The van der Waals surface area contributed by atoms with Crippen LogP contribution in [0.1, 0.15) is 29.9 Å². The van der Waals surface area contributed by atoms with E-state index in [1.807, 2.05) is 32.0 Å². The maximum Gasteiger partial charge on any atom is 0.251 e. The van der Waals surface area contributed by atoms with Crippen LogP contribution in [-0.4, -0.2) is 28.6 Å². The van der Waals surface area contributed by atoms with E-state index in [4.69, 9.17) is 4.74 Å². The van der Waals surface area contributed by atoms with Crippen LogP contribution in [0.4, 0.5) is 0 Å². The lowest BCUT2D eigenvalue weighted by molar-refractivity contribution is 0.0871. The molecule has 5 heteroatoms. The predicted molar refractivity (Wildman–Crippen MR) is 88.2 cm³/mol. The van der Waals surface area contributed by atoms with Gasteiger partial charge < -0.3 is 15.2 Å². The van der Waals surface area contributed by atoms with Crippen LogP contribution in [-0.2, 0) is 6.61 Å². The highest BCUT2D eigenvalue weighted by atomic mass is 16.5. The van der Waals surface area contributed by atoms with Crippen LogP contribution in [0.2, 0.25) is 0 Å². The summed E-state index contributed by atoms with van der Waals surface area (Å²) in [6, 6.07) is 12.5. The Morgan fingerprint density at radius 3 is 2.57 bits per heavy atom. The monoisotopic (exact) mass is 314 g/mol. The van der Waals surface area contributed by atoms with Crippen molar-refractivity contribution in [3.8, 4) is 5.75 Å². The summed E-state index contributed by atoms with van der Waals surface area (Å²) in [4.78, 5) is 16.2. The van der Waals surface area contributed by atoms with Gasteiger partial charge in [-0.1, -0.05) is 19.9 Å². The van der Waals surface area contributed by atoms with E-state index in [-0.39, 0.29) is 18.4 Å². The normalized spacial score (nSPS) is 12.0. The molecule has 0 aliphatic carbocycles. The van der Waals surface area contributed by atoms with Crippen molar-refractivity contribution in [3.05, 3.63) is 59.9 Å². The number of aromatic nitrogens is 1. The Morgan fingerprint density at radius 2 is 1.96 bits per heavy atom. The average Bonchev–Trinajstić information content (AvgIpc) is 2.58. The number of hydrogen-bond donors (Lipinski definition) is 2. The van der Waals surface area contributed by atoms with Gasteiger partial charge in [-0.3, -0.25) is 9.78 Å². The molecule has 2 aromatic rings. The first kappa shape index (κ1) is 17.0. The quantitative estimate of drug-likeness (QED) is 0.823. The van der Waals surface area contributed by atoms with Gasteiger partial charge in [-0.25, -0.2) is 0 Å². The summed E-state index contributed by atoms with van der Waals surface area (Å²) in [6.07, 6.45) is 1.18. The zero-order valence-electron chi connectivity index (χ0n) is 13.4. The molecule has 1 heterocycles. The molecular formula is C18H22N2O3. The summed E-state index contributed by atoms with van der Waals surface area (Å²) in [5.74, 6) is 0.577. The van der Waals surface area contributed by atoms with Crippen molar-refractivity contribution in [3.63, 3.8) is 0 Å². The molecule has 1 atom stereocenters. The maximum absolute atomic E-state index is 12.0. The van der Waals surface area contributed by atoms with E-state index in [1.165, 1.54) is 0 Å².